The summed E-state index contributed by atoms with van der Waals surface area (Å²) in [5, 5.41) is 17.2. The van der Waals surface area contributed by atoms with E-state index in [1.165, 1.54) is 22.5 Å². The van der Waals surface area contributed by atoms with Crippen molar-refractivity contribution in [1.82, 2.24) is 14.9 Å². The van der Waals surface area contributed by atoms with E-state index in [9.17, 15) is 36.3 Å². The van der Waals surface area contributed by atoms with E-state index in [1.807, 2.05) is 5.32 Å². The summed E-state index contributed by atoms with van der Waals surface area (Å²) in [6, 6.07) is 4.94. The van der Waals surface area contributed by atoms with Crippen molar-refractivity contribution in [3.8, 4) is 0 Å². The minimum atomic E-state index is -3.45. The van der Waals surface area contributed by atoms with Gasteiger partial charge in [0.15, 0.2) is 0 Å². The van der Waals surface area contributed by atoms with Gasteiger partial charge in [0.25, 0.3) is 0 Å². The van der Waals surface area contributed by atoms with Crippen LogP contribution in [0.25, 0.3) is 0 Å². The summed E-state index contributed by atoms with van der Waals surface area (Å²) in [6.45, 7) is 0.784. The second kappa shape index (κ2) is 12.3. The number of rotatable bonds is 8. The van der Waals surface area contributed by atoms with Crippen LogP contribution in [0.1, 0.15) is 36.8 Å². The quantitative estimate of drug-likeness (QED) is 0.388. The van der Waals surface area contributed by atoms with Gasteiger partial charge >= 0.3 is 6.09 Å². The average Bonchev–Trinajstić information content (AvgIpc) is 2.84. The Bertz CT molecular complexity index is 1310. The third-order valence-electron chi connectivity index (χ3n) is 7.09. The normalized spacial score (nSPS) is 23.2. The molecule has 2 bridgehead atoms. The van der Waals surface area contributed by atoms with E-state index in [0.29, 0.717) is 32.0 Å². The maximum absolute atomic E-state index is 14.9. The summed E-state index contributed by atoms with van der Waals surface area (Å²) < 4.78 is 69.5. The maximum atomic E-state index is 14.9. The van der Waals surface area contributed by atoms with Gasteiger partial charge in [-0.25, -0.2) is 26.4 Å². The minimum Gasteiger partial charge on any atom is -0.465 e. The van der Waals surface area contributed by atoms with E-state index in [0.717, 1.165) is 25.0 Å². The SMILES string of the molecule is O=C(O)N[C@@H](Cc1cc(F)cc(F)c1)C(=O)Nc1cccc(F)c1CC[C@H]1CN[C@@H]2CCCCS(=O)(=O)N1C2. The van der Waals surface area contributed by atoms with E-state index in [4.69, 9.17) is 0 Å². The van der Waals surface area contributed by atoms with Crippen molar-refractivity contribution in [2.75, 3.05) is 24.2 Å². The number of nitrogens with zero attached hydrogens (tertiary/aromatic N) is 1. The average molecular weight is 569 g/mol. The monoisotopic (exact) mass is 568 g/mol. The number of carbonyl (C=O) groups is 2. The van der Waals surface area contributed by atoms with Gasteiger partial charge in [0.1, 0.15) is 23.5 Å². The first-order valence-corrected chi connectivity index (χ1v) is 14.4. The van der Waals surface area contributed by atoms with E-state index >= 15 is 0 Å². The fraction of sp³-hybridized carbons (Fsp3) is 0.462. The van der Waals surface area contributed by atoms with Crippen LogP contribution in [-0.4, -0.2) is 66.8 Å². The van der Waals surface area contributed by atoms with Crippen LogP contribution in [0.2, 0.25) is 0 Å². The zero-order valence-electron chi connectivity index (χ0n) is 21.1. The zero-order valence-corrected chi connectivity index (χ0v) is 21.9. The Hall–Kier alpha value is -3.16. The van der Waals surface area contributed by atoms with Gasteiger partial charge in [-0.05, 0) is 55.5 Å². The van der Waals surface area contributed by atoms with Crippen LogP contribution in [0, 0.1) is 17.5 Å². The number of nitrogens with one attached hydrogen (secondary N) is 3. The Kier molecular flexibility index (Phi) is 9.13. The lowest BCUT2D eigenvalue weighted by Gasteiger charge is -2.41. The predicted octanol–water partition coefficient (Wildman–Crippen LogP) is 3.01. The fourth-order valence-corrected chi connectivity index (χ4v) is 7.04. The van der Waals surface area contributed by atoms with Gasteiger partial charge in [0.05, 0.1) is 5.75 Å². The van der Waals surface area contributed by atoms with Crippen LogP contribution in [-0.2, 0) is 27.7 Å². The van der Waals surface area contributed by atoms with Crippen molar-refractivity contribution in [3.63, 3.8) is 0 Å². The zero-order chi connectivity index (χ0) is 28.2. The maximum Gasteiger partial charge on any atom is 0.405 e. The van der Waals surface area contributed by atoms with Crippen molar-refractivity contribution >= 4 is 27.7 Å². The van der Waals surface area contributed by atoms with Crippen LogP contribution in [0.4, 0.5) is 23.7 Å². The molecule has 13 heteroatoms. The van der Waals surface area contributed by atoms with Gasteiger partial charge in [0.2, 0.25) is 15.9 Å². The van der Waals surface area contributed by atoms with Crippen LogP contribution in [0.3, 0.4) is 0 Å². The summed E-state index contributed by atoms with van der Waals surface area (Å²) in [6.07, 6.45) is 0.833. The topological polar surface area (TPSA) is 128 Å². The second-order valence-corrected chi connectivity index (χ2v) is 12.0. The molecule has 2 aromatic rings. The highest BCUT2D eigenvalue weighted by atomic mass is 32.2. The summed E-state index contributed by atoms with van der Waals surface area (Å²) in [7, 11) is -3.45. The van der Waals surface area contributed by atoms with Crippen LogP contribution in [0.15, 0.2) is 36.4 Å². The van der Waals surface area contributed by atoms with Gasteiger partial charge in [-0.3, -0.25) is 4.79 Å². The lowest BCUT2D eigenvalue weighted by atomic mass is 9.99. The number of fused-ring (bicyclic) bond motifs is 2. The highest BCUT2D eigenvalue weighted by molar-refractivity contribution is 7.89. The first-order chi connectivity index (χ1) is 18.5. The fourth-order valence-electron chi connectivity index (χ4n) is 5.19. The molecule has 4 rings (SSSR count). The van der Waals surface area contributed by atoms with Crippen molar-refractivity contribution in [1.29, 1.82) is 0 Å². The first-order valence-electron chi connectivity index (χ1n) is 12.8. The predicted molar refractivity (Wildman–Crippen MR) is 138 cm³/mol. The summed E-state index contributed by atoms with van der Waals surface area (Å²) in [5.74, 6) is -3.14. The number of carboxylic acid groups (broad SMARTS) is 1. The molecule has 2 heterocycles. The molecule has 4 N–H and O–H groups in total. The molecular weight excluding hydrogens is 537 g/mol. The Labute approximate surface area is 224 Å². The highest BCUT2D eigenvalue weighted by Crippen LogP contribution is 2.26. The molecule has 0 aliphatic carbocycles. The van der Waals surface area contributed by atoms with E-state index in [2.05, 4.69) is 10.6 Å². The van der Waals surface area contributed by atoms with Crippen LogP contribution < -0.4 is 16.0 Å². The van der Waals surface area contributed by atoms with E-state index in [1.54, 1.807) is 0 Å². The van der Waals surface area contributed by atoms with Gasteiger partial charge in [0, 0.05) is 48.9 Å². The smallest absolute Gasteiger partial charge is 0.405 e. The van der Waals surface area contributed by atoms with Gasteiger partial charge in [-0.2, -0.15) is 4.31 Å². The minimum absolute atomic E-state index is 0.0541. The number of hydrogen-bond acceptors (Lipinski definition) is 5. The molecule has 0 radical (unpaired) electrons. The molecule has 212 valence electrons. The summed E-state index contributed by atoms with van der Waals surface area (Å²) >= 11 is 0. The standard InChI is InChI=1S/C26H31F3N4O5S/c27-17-10-16(11-18(28)13-17)12-24(32-26(35)36)25(34)31-23-6-3-5-22(29)21(23)8-7-20-14-30-19-4-1-2-9-39(37,38)33(20)15-19/h3,5-6,10-11,13,19-20,24,30,32H,1-2,4,7-9,12,14-15H2,(H,31,34)(H,35,36)/t19-,20+,24+/m1/s1. The molecule has 39 heavy (non-hydrogen) atoms. The van der Waals surface area contributed by atoms with E-state index < -0.39 is 51.6 Å². The Morgan fingerprint density at radius 2 is 1.87 bits per heavy atom. The molecule has 2 fully saturated rings. The Balaban J connectivity index is 1.50. The second-order valence-electron chi connectivity index (χ2n) is 9.92. The van der Waals surface area contributed by atoms with Crippen molar-refractivity contribution < 1.29 is 36.3 Å². The molecule has 0 spiro atoms. The molecular formula is C26H31F3N4O5S. The third-order valence-corrected chi connectivity index (χ3v) is 9.06. The Morgan fingerprint density at radius 3 is 2.59 bits per heavy atom. The first kappa shape index (κ1) is 28.8. The molecule has 9 nitrogen and oxygen atoms in total. The molecule has 2 amide bonds. The van der Waals surface area contributed by atoms with Crippen LogP contribution in [0.5, 0.6) is 0 Å². The number of halogens is 3. The molecule has 2 aliphatic rings. The summed E-state index contributed by atoms with van der Waals surface area (Å²) in [4.78, 5) is 24.4. The van der Waals surface area contributed by atoms with Crippen molar-refractivity contribution in [2.45, 2.75) is 56.7 Å². The Morgan fingerprint density at radius 1 is 1.13 bits per heavy atom. The van der Waals surface area contributed by atoms with Crippen molar-refractivity contribution in [2.24, 2.45) is 0 Å². The van der Waals surface area contributed by atoms with Crippen LogP contribution >= 0.6 is 0 Å². The molecule has 1 unspecified atom stereocenters. The number of benzene rings is 2. The van der Waals surface area contributed by atoms with Gasteiger partial charge in [-0.1, -0.05) is 12.5 Å². The molecule has 2 saturated heterocycles. The number of sulfonamides is 1. The highest BCUT2D eigenvalue weighted by Gasteiger charge is 2.37. The van der Waals surface area contributed by atoms with Gasteiger partial charge < -0.3 is 21.1 Å². The largest absolute Gasteiger partial charge is 0.465 e. The summed E-state index contributed by atoms with van der Waals surface area (Å²) in [5.41, 5.74) is 0.293. The molecule has 2 aromatic carbocycles. The number of hydrogen-bond donors (Lipinski definition) is 4. The van der Waals surface area contributed by atoms with E-state index in [-0.39, 0.29) is 41.5 Å². The number of carbonyl (C=O) groups excluding carboxylic acids is 1. The molecule has 0 aromatic heterocycles. The van der Waals surface area contributed by atoms with Gasteiger partial charge in [-0.15, -0.1) is 0 Å². The third kappa shape index (κ3) is 7.49. The van der Waals surface area contributed by atoms with Crippen molar-refractivity contribution in [3.05, 3.63) is 65.0 Å². The number of amides is 2. The molecule has 4 atom stereocenters. The lowest BCUT2D eigenvalue weighted by molar-refractivity contribution is -0.118. The molecule has 0 saturated carbocycles. The number of piperazine rings is 1. The number of anilines is 1. The lowest BCUT2D eigenvalue weighted by Crippen LogP contribution is -2.59. The molecule has 2 aliphatic heterocycles.